The molecule has 1 N–H and O–H groups in total. The second-order valence-electron chi connectivity index (χ2n) is 2.96. The summed E-state index contributed by atoms with van der Waals surface area (Å²) >= 11 is 0. The Morgan fingerprint density at radius 1 is 1.33 bits per heavy atom. The van der Waals surface area contributed by atoms with Crippen LogP contribution in [0, 0.1) is 16.7 Å². The normalized spacial score (nSPS) is 14.1. The zero-order valence-electron chi connectivity index (χ0n) is 6.59. The molecule has 0 saturated heterocycles. The van der Waals surface area contributed by atoms with Crippen LogP contribution in [-0.2, 0) is 6.42 Å². The Morgan fingerprint density at radius 3 is 2.92 bits per heavy atom. The van der Waals surface area contributed by atoms with E-state index in [4.69, 9.17) is 10.7 Å². The minimum absolute atomic E-state index is 0.698. The summed E-state index contributed by atoms with van der Waals surface area (Å²) in [6.07, 6.45) is 1.74. The molecule has 0 fully saturated rings. The number of rotatable bonds is 0. The van der Waals surface area contributed by atoms with Crippen molar-refractivity contribution in [2.24, 2.45) is 0 Å². The smallest absolute Gasteiger partial charge is 0.0991 e. The van der Waals surface area contributed by atoms with Crippen LogP contribution in [0.15, 0.2) is 18.2 Å². The van der Waals surface area contributed by atoms with Crippen molar-refractivity contribution >= 4 is 5.71 Å². The maximum atomic E-state index is 8.63. The third-order valence-electron chi connectivity index (χ3n) is 2.20. The molecule has 0 atom stereocenters. The fraction of sp³-hybridized carbons (Fsp3) is 0.200. The third-order valence-corrected chi connectivity index (χ3v) is 2.20. The Morgan fingerprint density at radius 2 is 2.17 bits per heavy atom. The molecule has 0 spiro atoms. The predicted molar refractivity (Wildman–Crippen MR) is 46.3 cm³/mol. The molecule has 0 saturated carbocycles. The lowest BCUT2D eigenvalue weighted by Gasteiger charge is -1.97. The first-order chi connectivity index (χ1) is 5.81. The second kappa shape index (κ2) is 2.46. The lowest BCUT2D eigenvalue weighted by molar-refractivity contribution is 1.09. The highest BCUT2D eigenvalue weighted by Crippen LogP contribution is 2.22. The molecule has 2 nitrogen and oxygen atoms in total. The highest BCUT2D eigenvalue weighted by molar-refractivity contribution is 6.02. The zero-order chi connectivity index (χ0) is 8.55. The molecule has 0 radical (unpaired) electrons. The van der Waals surface area contributed by atoms with Crippen molar-refractivity contribution in [2.45, 2.75) is 12.8 Å². The number of hydrogen-bond donors (Lipinski definition) is 1. The Bertz CT molecular complexity index is 385. The van der Waals surface area contributed by atoms with E-state index in [1.807, 2.05) is 12.1 Å². The van der Waals surface area contributed by atoms with Crippen LogP contribution in [0.5, 0.6) is 0 Å². The standard InChI is InChI=1S/C10H8N2/c11-6-7-1-3-9-8(5-7)2-4-10(9)12/h1,3,5,12H,2,4H2. The van der Waals surface area contributed by atoms with Gasteiger partial charge >= 0.3 is 0 Å². The Kier molecular flexibility index (Phi) is 1.44. The molecule has 0 amide bonds. The van der Waals surface area contributed by atoms with Crippen molar-refractivity contribution < 1.29 is 0 Å². The van der Waals surface area contributed by atoms with Crippen molar-refractivity contribution in [1.29, 1.82) is 10.7 Å². The number of nitrogens with one attached hydrogen (secondary N) is 1. The first-order valence-electron chi connectivity index (χ1n) is 3.92. The van der Waals surface area contributed by atoms with Crippen molar-refractivity contribution in [3.63, 3.8) is 0 Å². The molecule has 0 aromatic heterocycles. The van der Waals surface area contributed by atoms with Gasteiger partial charge in [0.25, 0.3) is 0 Å². The lowest BCUT2D eigenvalue weighted by Crippen LogP contribution is -1.90. The molecular formula is C10H8N2. The van der Waals surface area contributed by atoms with Crippen LogP contribution in [0.25, 0.3) is 0 Å². The van der Waals surface area contributed by atoms with E-state index in [0.29, 0.717) is 11.3 Å². The largest absolute Gasteiger partial charge is 0.305 e. The first kappa shape index (κ1) is 7.05. The minimum Gasteiger partial charge on any atom is -0.305 e. The molecular weight excluding hydrogens is 148 g/mol. The molecule has 0 bridgehead atoms. The van der Waals surface area contributed by atoms with E-state index >= 15 is 0 Å². The Hall–Kier alpha value is -1.62. The highest BCUT2D eigenvalue weighted by atomic mass is 14.4. The van der Waals surface area contributed by atoms with E-state index in [9.17, 15) is 0 Å². The summed E-state index contributed by atoms with van der Waals surface area (Å²) in [7, 11) is 0. The number of hydrogen-bond acceptors (Lipinski definition) is 2. The van der Waals surface area contributed by atoms with Gasteiger partial charge in [-0.25, -0.2) is 0 Å². The second-order valence-corrected chi connectivity index (χ2v) is 2.96. The molecule has 1 aromatic carbocycles. The van der Waals surface area contributed by atoms with E-state index in [1.54, 1.807) is 6.07 Å². The fourth-order valence-corrected chi connectivity index (χ4v) is 1.56. The molecule has 0 heterocycles. The Balaban J connectivity index is 2.57. The van der Waals surface area contributed by atoms with E-state index < -0.39 is 0 Å². The summed E-state index contributed by atoms with van der Waals surface area (Å²) in [5.74, 6) is 0. The Labute approximate surface area is 71.0 Å². The minimum atomic E-state index is 0.698. The molecule has 1 aliphatic carbocycles. The van der Waals surface area contributed by atoms with Gasteiger partial charge in [-0.2, -0.15) is 5.26 Å². The molecule has 2 rings (SSSR count). The highest BCUT2D eigenvalue weighted by Gasteiger charge is 2.15. The number of nitrogens with zero attached hydrogens (tertiary/aromatic N) is 1. The molecule has 0 unspecified atom stereocenters. The summed E-state index contributed by atoms with van der Waals surface area (Å²) in [6.45, 7) is 0. The van der Waals surface area contributed by atoms with Gasteiger partial charge in [0.2, 0.25) is 0 Å². The van der Waals surface area contributed by atoms with Gasteiger partial charge < -0.3 is 5.41 Å². The monoisotopic (exact) mass is 156 g/mol. The zero-order valence-corrected chi connectivity index (χ0v) is 6.59. The number of nitriles is 1. The molecule has 2 heteroatoms. The van der Waals surface area contributed by atoms with Gasteiger partial charge in [-0.05, 0) is 36.1 Å². The SMILES string of the molecule is N#Cc1ccc2c(c1)CCC2=N. The summed E-state index contributed by atoms with van der Waals surface area (Å²) < 4.78 is 0. The molecule has 12 heavy (non-hydrogen) atoms. The van der Waals surface area contributed by atoms with Gasteiger partial charge in [-0.1, -0.05) is 6.07 Å². The summed E-state index contributed by atoms with van der Waals surface area (Å²) in [5.41, 5.74) is 3.57. The van der Waals surface area contributed by atoms with Crippen molar-refractivity contribution in [3.05, 3.63) is 34.9 Å². The average molecular weight is 156 g/mol. The lowest BCUT2D eigenvalue weighted by atomic mass is 10.1. The summed E-state index contributed by atoms with van der Waals surface area (Å²) in [5, 5.41) is 16.2. The van der Waals surface area contributed by atoms with Gasteiger partial charge in [0.15, 0.2) is 0 Å². The van der Waals surface area contributed by atoms with Crippen LogP contribution in [0.3, 0.4) is 0 Å². The van der Waals surface area contributed by atoms with Gasteiger partial charge in [0, 0.05) is 5.71 Å². The molecule has 1 aliphatic rings. The van der Waals surface area contributed by atoms with Crippen molar-refractivity contribution in [2.75, 3.05) is 0 Å². The van der Waals surface area contributed by atoms with E-state index in [0.717, 1.165) is 24.0 Å². The van der Waals surface area contributed by atoms with Gasteiger partial charge in [0.05, 0.1) is 11.6 Å². The van der Waals surface area contributed by atoms with Crippen molar-refractivity contribution in [3.8, 4) is 6.07 Å². The molecule has 0 aliphatic heterocycles. The average Bonchev–Trinajstić information content (AvgIpc) is 2.47. The summed E-state index contributed by atoms with van der Waals surface area (Å²) in [4.78, 5) is 0. The van der Waals surface area contributed by atoms with Crippen LogP contribution in [-0.4, -0.2) is 5.71 Å². The first-order valence-corrected chi connectivity index (χ1v) is 3.92. The molecule has 1 aromatic rings. The predicted octanol–water partition coefficient (Wildman–Crippen LogP) is 1.87. The van der Waals surface area contributed by atoms with E-state index in [1.165, 1.54) is 0 Å². The molecule has 58 valence electrons. The van der Waals surface area contributed by atoms with Gasteiger partial charge in [-0.15, -0.1) is 0 Å². The number of benzene rings is 1. The number of fused-ring (bicyclic) bond motifs is 1. The maximum Gasteiger partial charge on any atom is 0.0991 e. The number of aryl methyl sites for hydroxylation is 1. The van der Waals surface area contributed by atoms with E-state index in [2.05, 4.69) is 6.07 Å². The van der Waals surface area contributed by atoms with Crippen molar-refractivity contribution in [1.82, 2.24) is 0 Å². The fourth-order valence-electron chi connectivity index (χ4n) is 1.56. The van der Waals surface area contributed by atoms with Gasteiger partial charge in [0.1, 0.15) is 0 Å². The van der Waals surface area contributed by atoms with Gasteiger partial charge in [-0.3, -0.25) is 0 Å². The van der Waals surface area contributed by atoms with Crippen LogP contribution in [0.2, 0.25) is 0 Å². The van der Waals surface area contributed by atoms with Crippen LogP contribution < -0.4 is 0 Å². The maximum absolute atomic E-state index is 8.63. The van der Waals surface area contributed by atoms with E-state index in [-0.39, 0.29) is 0 Å². The summed E-state index contributed by atoms with van der Waals surface area (Å²) in [6, 6.07) is 7.64. The van der Waals surface area contributed by atoms with Crippen LogP contribution in [0.1, 0.15) is 23.1 Å². The topological polar surface area (TPSA) is 47.6 Å². The van der Waals surface area contributed by atoms with Crippen LogP contribution >= 0.6 is 0 Å². The van der Waals surface area contributed by atoms with Crippen LogP contribution in [0.4, 0.5) is 0 Å². The quantitative estimate of drug-likeness (QED) is 0.612. The third kappa shape index (κ3) is 0.911.